The van der Waals surface area contributed by atoms with Crippen LogP contribution >= 0.6 is 0 Å². The van der Waals surface area contributed by atoms with E-state index < -0.39 is 0 Å². The van der Waals surface area contributed by atoms with Crippen LogP contribution in [0.5, 0.6) is 17.2 Å². The summed E-state index contributed by atoms with van der Waals surface area (Å²) in [5.74, 6) is 2.07. The van der Waals surface area contributed by atoms with Gasteiger partial charge >= 0.3 is 0 Å². The lowest BCUT2D eigenvalue weighted by molar-refractivity contribution is 0.355. The Bertz CT molecular complexity index is 1570. The van der Waals surface area contributed by atoms with Gasteiger partial charge in [-0.3, -0.25) is 4.98 Å². The van der Waals surface area contributed by atoms with Gasteiger partial charge in [-0.15, -0.1) is 0 Å². The average molecular weight is 467 g/mol. The number of rotatable bonds is 5. The van der Waals surface area contributed by atoms with E-state index in [1.54, 1.807) is 21.3 Å². The Labute approximate surface area is 203 Å². The van der Waals surface area contributed by atoms with Gasteiger partial charge in [0.1, 0.15) is 17.0 Å². The summed E-state index contributed by atoms with van der Waals surface area (Å²) in [4.78, 5) is 4.78. The fraction of sp³-hybridized carbons (Fsp3) is 0.214. The first-order valence-electron chi connectivity index (χ1n) is 11.6. The lowest BCUT2D eigenvalue weighted by Crippen LogP contribution is -2.23. The van der Waals surface area contributed by atoms with E-state index in [0.717, 1.165) is 64.0 Å². The summed E-state index contributed by atoms with van der Waals surface area (Å²) in [5.41, 5.74) is 7.28. The highest BCUT2D eigenvalue weighted by atomic mass is 16.5. The third kappa shape index (κ3) is 3.47. The highest BCUT2D eigenvalue weighted by molar-refractivity contribution is 6.10. The van der Waals surface area contributed by atoms with Crippen molar-refractivity contribution in [3.63, 3.8) is 0 Å². The van der Waals surface area contributed by atoms with Gasteiger partial charge in [-0.25, -0.2) is 4.68 Å². The quantitative estimate of drug-likeness (QED) is 0.397. The molecule has 0 saturated heterocycles. The smallest absolute Gasteiger partial charge is 0.161 e. The lowest BCUT2D eigenvalue weighted by Gasteiger charge is -2.18. The van der Waals surface area contributed by atoms with Crippen molar-refractivity contribution in [2.24, 2.45) is 0 Å². The highest BCUT2D eigenvalue weighted by Gasteiger charge is 2.20. The summed E-state index contributed by atoms with van der Waals surface area (Å²) in [5, 5.41) is 10.5. The summed E-state index contributed by atoms with van der Waals surface area (Å²) >= 11 is 0. The summed E-state index contributed by atoms with van der Waals surface area (Å²) in [6.07, 6.45) is 2.89. The first-order valence-corrected chi connectivity index (χ1v) is 11.6. The molecule has 2 aromatic heterocycles. The zero-order chi connectivity index (χ0) is 23.9. The molecule has 0 fully saturated rings. The van der Waals surface area contributed by atoms with Crippen molar-refractivity contribution in [2.45, 2.75) is 13.0 Å². The summed E-state index contributed by atoms with van der Waals surface area (Å²) in [6, 6.07) is 18.5. The number of aromatic nitrogens is 3. The molecule has 0 atom stereocenters. The standard InChI is InChI=1S/C28H26N4O3/c1-33-23-10-8-18(14-25(23)35-3)26-22-16-30-27-21(5-4-6-24(27)34-2)28(22)32(31-26)20-9-7-19-15-29-12-11-17(19)13-20/h4-10,13-14,16,29H,11-12,15H2,1-3H3. The van der Waals surface area contributed by atoms with Crippen LogP contribution in [-0.2, 0) is 13.0 Å². The molecule has 0 bridgehead atoms. The molecule has 1 N–H and O–H groups in total. The maximum absolute atomic E-state index is 5.61. The first-order chi connectivity index (χ1) is 17.2. The van der Waals surface area contributed by atoms with Crippen LogP contribution in [0.3, 0.4) is 0 Å². The van der Waals surface area contributed by atoms with Gasteiger partial charge in [-0.1, -0.05) is 18.2 Å². The first kappa shape index (κ1) is 21.4. The summed E-state index contributed by atoms with van der Waals surface area (Å²) in [7, 11) is 4.95. The molecule has 0 radical (unpaired) electrons. The number of methoxy groups -OCH3 is 3. The fourth-order valence-corrected chi connectivity index (χ4v) is 4.93. The number of hydrogen-bond donors (Lipinski definition) is 1. The molecule has 1 aliphatic heterocycles. The Balaban J connectivity index is 1.66. The van der Waals surface area contributed by atoms with E-state index in [0.29, 0.717) is 11.5 Å². The Morgan fingerprint density at radius 2 is 1.69 bits per heavy atom. The van der Waals surface area contributed by atoms with E-state index in [9.17, 15) is 0 Å². The van der Waals surface area contributed by atoms with Crippen LogP contribution < -0.4 is 19.5 Å². The molecule has 35 heavy (non-hydrogen) atoms. The molecule has 0 spiro atoms. The number of benzene rings is 3. The van der Waals surface area contributed by atoms with Crippen molar-refractivity contribution in [3.8, 4) is 34.2 Å². The van der Waals surface area contributed by atoms with Crippen molar-refractivity contribution in [3.05, 3.63) is 71.9 Å². The molecular weight excluding hydrogens is 440 g/mol. The predicted molar refractivity (Wildman–Crippen MR) is 137 cm³/mol. The van der Waals surface area contributed by atoms with Crippen LogP contribution in [0.1, 0.15) is 11.1 Å². The van der Waals surface area contributed by atoms with Crippen molar-refractivity contribution in [1.29, 1.82) is 0 Å². The van der Waals surface area contributed by atoms with Gasteiger partial charge in [0, 0.05) is 29.1 Å². The van der Waals surface area contributed by atoms with Crippen LogP contribution in [0, 0.1) is 0 Å². The Hall–Kier alpha value is -4.10. The molecule has 0 saturated carbocycles. The van der Waals surface area contributed by atoms with E-state index in [4.69, 9.17) is 24.3 Å². The predicted octanol–water partition coefficient (Wildman–Crippen LogP) is 4.91. The van der Waals surface area contributed by atoms with Crippen LogP contribution in [-0.4, -0.2) is 42.6 Å². The van der Waals surface area contributed by atoms with Crippen molar-refractivity contribution in [1.82, 2.24) is 20.1 Å². The van der Waals surface area contributed by atoms with E-state index >= 15 is 0 Å². The topological polar surface area (TPSA) is 70.4 Å². The molecule has 0 aliphatic carbocycles. The molecule has 7 nitrogen and oxygen atoms in total. The average Bonchev–Trinajstić information content (AvgIpc) is 3.32. The number of para-hydroxylation sites is 1. The number of nitrogens with zero attached hydrogens (tertiary/aromatic N) is 3. The number of ether oxygens (including phenoxy) is 3. The second-order valence-corrected chi connectivity index (χ2v) is 8.59. The van der Waals surface area contributed by atoms with Gasteiger partial charge < -0.3 is 19.5 Å². The Morgan fingerprint density at radius 3 is 2.51 bits per heavy atom. The molecule has 0 unspecified atom stereocenters. The molecule has 3 heterocycles. The van der Waals surface area contributed by atoms with Gasteiger partial charge in [0.05, 0.1) is 32.5 Å². The number of fused-ring (bicyclic) bond motifs is 4. The van der Waals surface area contributed by atoms with Crippen LogP contribution in [0.25, 0.3) is 38.8 Å². The minimum atomic E-state index is 0.657. The molecule has 7 heteroatoms. The molecular formula is C28H26N4O3. The van der Waals surface area contributed by atoms with Crippen LogP contribution in [0.15, 0.2) is 60.8 Å². The molecule has 3 aromatic carbocycles. The fourth-order valence-electron chi connectivity index (χ4n) is 4.93. The van der Waals surface area contributed by atoms with Crippen molar-refractivity contribution >= 4 is 21.8 Å². The zero-order valence-electron chi connectivity index (χ0n) is 20.0. The summed E-state index contributed by atoms with van der Waals surface area (Å²) in [6.45, 7) is 1.88. The molecule has 1 aliphatic rings. The van der Waals surface area contributed by atoms with E-state index in [1.165, 1.54) is 11.1 Å². The third-order valence-electron chi connectivity index (χ3n) is 6.70. The maximum atomic E-state index is 5.61. The van der Waals surface area contributed by atoms with Gasteiger partial charge in [-0.2, -0.15) is 5.10 Å². The molecule has 176 valence electrons. The SMILES string of the molecule is COc1ccc(-c2nn(-c3ccc4c(c3)CCNC4)c3c2cnc2c(OC)cccc23)cc1OC. The highest BCUT2D eigenvalue weighted by Crippen LogP contribution is 2.39. The zero-order valence-corrected chi connectivity index (χ0v) is 20.0. The van der Waals surface area contributed by atoms with Crippen molar-refractivity contribution in [2.75, 3.05) is 27.9 Å². The number of hydrogen-bond acceptors (Lipinski definition) is 6. The van der Waals surface area contributed by atoms with E-state index in [2.05, 4.69) is 29.6 Å². The van der Waals surface area contributed by atoms with E-state index in [1.807, 2.05) is 41.2 Å². The molecule has 5 aromatic rings. The Kier molecular flexibility index (Phi) is 5.26. The molecule has 0 amide bonds. The molecule has 6 rings (SSSR count). The van der Waals surface area contributed by atoms with Crippen LogP contribution in [0.4, 0.5) is 0 Å². The second-order valence-electron chi connectivity index (χ2n) is 8.59. The maximum Gasteiger partial charge on any atom is 0.161 e. The van der Waals surface area contributed by atoms with Gasteiger partial charge in [0.2, 0.25) is 0 Å². The van der Waals surface area contributed by atoms with Gasteiger partial charge in [0.15, 0.2) is 11.5 Å². The minimum absolute atomic E-state index is 0.657. The van der Waals surface area contributed by atoms with Crippen LogP contribution in [0.2, 0.25) is 0 Å². The number of nitrogens with one attached hydrogen (secondary N) is 1. The normalized spacial score (nSPS) is 13.1. The third-order valence-corrected chi connectivity index (χ3v) is 6.70. The number of pyridine rings is 1. The summed E-state index contributed by atoms with van der Waals surface area (Å²) < 4.78 is 18.7. The van der Waals surface area contributed by atoms with E-state index in [-0.39, 0.29) is 0 Å². The monoisotopic (exact) mass is 466 g/mol. The Morgan fingerprint density at radius 1 is 0.829 bits per heavy atom. The van der Waals surface area contributed by atoms with Gasteiger partial charge in [0.25, 0.3) is 0 Å². The minimum Gasteiger partial charge on any atom is -0.494 e. The van der Waals surface area contributed by atoms with Crippen molar-refractivity contribution < 1.29 is 14.2 Å². The van der Waals surface area contributed by atoms with Gasteiger partial charge in [-0.05, 0) is 60.5 Å². The lowest BCUT2D eigenvalue weighted by atomic mass is 10.0. The largest absolute Gasteiger partial charge is 0.494 e. The second kappa shape index (κ2) is 8.60.